The molecule has 1 amide bonds. The Morgan fingerprint density at radius 2 is 1.76 bits per heavy atom. The third kappa shape index (κ3) is 4.57. The first-order valence-corrected chi connectivity index (χ1v) is 8.52. The van der Waals surface area contributed by atoms with Gasteiger partial charge < -0.3 is 14.7 Å². The van der Waals surface area contributed by atoms with Crippen LogP contribution in [0, 0.1) is 11.7 Å². The van der Waals surface area contributed by atoms with Gasteiger partial charge in [-0.25, -0.2) is 4.39 Å². The maximum absolute atomic E-state index is 13.0. The highest BCUT2D eigenvalue weighted by Crippen LogP contribution is 2.30. The monoisotopic (exact) mass is 343 g/mol. The highest BCUT2D eigenvalue weighted by atomic mass is 19.1. The highest BCUT2D eigenvalue weighted by Gasteiger charge is 2.28. The fourth-order valence-electron chi connectivity index (χ4n) is 3.15. The van der Waals surface area contributed by atoms with Crippen molar-refractivity contribution < 1.29 is 19.0 Å². The van der Waals surface area contributed by atoms with Crippen LogP contribution >= 0.6 is 0 Å². The van der Waals surface area contributed by atoms with Gasteiger partial charge in [-0.15, -0.1) is 0 Å². The van der Waals surface area contributed by atoms with E-state index in [1.165, 1.54) is 12.1 Å². The van der Waals surface area contributed by atoms with Crippen molar-refractivity contribution in [3.05, 3.63) is 66.0 Å². The van der Waals surface area contributed by atoms with Crippen LogP contribution in [0.4, 0.5) is 4.39 Å². The Morgan fingerprint density at radius 1 is 1.12 bits per heavy atom. The second-order valence-corrected chi connectivity index (χ2v) is 6.32. The summed E-state index contributed by atoms with van der Waals surface area (Å²) >= 11 is 0. The van der Waals surface area contributed by atoms with E-state index in [2.05, 4.69) is 0 Å². The van der Waals surface area contributed by atoms with Gasteiger partial charge >= 0.3 is 0 Å². The van der Waals surface area contributed by atoms with Gasteiger partial charge in [0.1, 0.15) is 11.6 Å². The van der Waals surface area contributed by atoms with Crippen LogP contribution in [0.1, 0.15) is 24.5 Å². The first-order valence-electron chi connectivity index (χ1n) is 8.52. The third-order valence-corrected chi connectivity index (χ3v) is 4.66. The molecule has 1 saturated heterocycles. The zero-order valence-electron chi connectivity index (χ0n) is 14.0. The lowest BCUT2D eigenvalue weighted by Gasteiger charge is -2.34. The van der Waals surface area contributed by atoms with E-state index < -0.39 is 6.10 Å². The fraction of sp³-hybridized carbons (Fsp3) is 0.350. The number of likely N-dealkylation sites (tertiary alicyclic amines) is 1. The maximum atomic E-state index is 13.0. The predicted octanol–water partition coefficient (Wildman–Crippen LogP) is 3.18. The van der Waals surface area contributed by atoms with Crippen molar-refractivity contribution in [2.75, 3.05) is 19.7 Å². The van der Waals surface area contributed by atoms with Crippen molar-refractivity contribution in [1.29, 1.82) is 0 Å². The van der Waals surface area contributed by atoms with Crippen molar-refractivity contribution in [3.63, 3.8) is 0 Å². The average Bonchev–Trinajstić information content (AvgIpc) is 2.67. The number of rotatable bonds is 5. The number of benzene rings is 2. The van der Waals surface area contributed by atoms with Gasteiger partial charge in [0, 0.05) is 13.1 Å². The normalized spacial score (nSPS) is 16.5. The molecule has 4 nitrogen and oxygen atoms in total. The number of piperidine rings is 1. The van der Waals surface area contributed by atoms with Crippen LogP contribution < -0.4 is 4.74 Å². The van der Waals surface area contributed by atoms with Gasteiger partial charge in [-0.05, 0) is 48.6 Å². The van der Waals surface area contributed by atoms with E-state index in [9.17, 15) is 14.3 Å². The molecule has 1 N–H and O–H groups in total. The van der Waals surface area contributed by atoms with Crippen LogP contribution in [-0.2, 0) is 4.79 Å². The van der Waals surface area contributed by atoms with E-state index in [4.69, 9.17) is 4.74 Å². The molecule has 2 aromatic carbocycles. The van der Waals surface area contributed by atoms with E-state index in [0.29, 0.717) is 18.8 Å². The highest BCUT2D eigenvalue weighted by molar-refractivity contribution is 5.77. The summed E-state index contributed by atoms with van der Waals surface area (Å²) in [6, 6.07) is 15.2. The summed E-state index contributed by atoms with van der Waals surface area (Å²) in [6.45, 7) is 1.22. The van der Waals surface area contributed by atoms with Crippen LogP contribution in [-0.4, -0.2) is 35.6 Å². The molecule has 25 heavy (non-hydrogen) atoms. The number of aliphatic hydroxyl groups excluding tert-OH is 1. The molecule has 0 aliphatic carbocycles. The van der Waals surface area contributed by atoms with Crippen molar-refractivity contribution in [2.45, 2.75) is 18.9 Å². The number of aliphatic hydroxyl groups is 1. The van der Waals surface area contributed by atoms with Crippen molar-refractivity contribution >= 4 is 5.91 Å². The molecule has 0 bridgehead atoms. The lowest BCUT2D eigenvalue weighted by molar-refractivity contribution is -0.135. The first kappa shape index (κ1) is 17.4. The van der Waals surface area contributed by atoms with Gasteiger partial charge in [0.15, 0.2) is 6.61 Å². The molecule has 0 aromatic heterocycles. The summed E-state index contributed by atoms with van der Waals surface area (Å²) < 4.78 is 18.5. The van der Waals surface area contributed by atoms with Gasteiger partial charge in [-0.2, -0.15) is 0 Å². The predicted molar refractivity (Wildman–Crippen MR) is 92.6 cm³/mol. The Kier molecular flexibility index (Phi) is 5.66. The average molecular weight is 343 g/mol. The van der Waals surface area contributed by atoms with E-state index in [-0.39, 0.29) is 24.2 Å². The summed E-state index contributed by atoms with van der Waals surface area (Å²) in [5.41, 5.74) is 0.721. The second kappa shape index (κ2) is 8.12. The number of hydrogen-bond donors (Lipinski definition) is 1. The molecule has 1 atom stereocenters. The Morgan fingerprint density at radius 3 is 2.40 bits per heavy atom. The Bertz CT molecular complexity index is 682. The van der Waals surface area contributed by atoms with Crippen molar-refractivity contribution in [3.8, 4) is 5.75 Å². The summed E-state index contributed by atoms with van der Waals surface area (Å²) in [5, 5.41) is 10.5. The quantitative estimate of drug-likeness (QED) is 0.907. The van der Waals surface area contributed by atoms with Crippen molar-refractivity contribution in [2.24, 2.45) is 5.92 Å². The number of carbonyl (C=O) groups excluding carboxylic acids is 1. The lowest BCUT2D eigenvalue weighted by atomic mass is 9.87. The summed E-state index contributed by atoms with van der Waals surface area (Å²) in [7, 11) is 0. The van der Waals surface area contributed by atoms with Crippen LogP contribution in [0.3, 0.4) is 0 Å². The minimum absolute atomic E-state index is 0.0230. The van der Waals surface area contributed by atoms with Crippen LogP contribution in [0.15, 0.2) is 54.6 Å². The molecule has 132 valence electrons. The Labute approximate surface area is 146 Å². The molecule has 1 heterocycles. The number of para-hydroxylation sites is 1. The molecular weight excluding hydrogens is 321 g/mol. The molecule has 0 spiro atoms. The molecule has 1 fully saturated rings. The molecule has 2 aromatic rings. The van der Waals surface area contributed by atoms with E-state index in [1.807, 2.05) is 30.3 Å². The number of halogens is 1. The van der Waals surface area contributed by atoms with Gasteiger partial charge in [0.05, 0.1) is 6.10 Å². The third-order valence-electron chi connectivity index (χ3n) is 4.66. The maximum Gasteiger partial charge on any atom is 0.260 e. The van der Waals surface area contributed by atoms with Crippen molar-refractivity contribution in [1.82, 2.24) is 4.90 Å². The Balaban J connectivity index is 1.47. The van der Waals surface area contributed by atoms with Crippen LogP contribution in [0.5, 0.6) is 5.75 Å². The minimum atomic E-state index is -0.626. The SMILES string of the molecule is O=C(COc1ccccc1)N1CCC(C(O)c2ccc(F)cc2)CC1. The van der Waals surface area contributed by atoms with Crippen LogP contribution in [0.25, 0.3) is 0 Å². The zero-order valence-corrected chi connectivity index (χ0v) is 14.0. The molecule has 1 aliphatic heterocycles. The molecular formula is C20H22FNO3. The zero-order chi connectivity index (χ0) is 17.6. The molecule has 0 radical (unpaired) electrons. The van der Waals surface area contributed by atoms with Gasteiger partial charge in [0.25, 0.3) is 5.91 Å². The molecule has 0 saturated carbocycles. The van der Waals surface area contributed by atoms with Gasteiger partial charge in [-0.3, -0.25) is 4.79 Å². The van der Waals surface area contributed by atoms with Crippen LogP contribution in [0.2, 0.25) is 0 Å². The minimum Gasteiger partial charge on any atom is -0.484 e. The number of nitrogens with zero attached hydrogens (tertiary/aromatic N) is 1. The Hall–Kier alpha value is -2.40. The number of amides is 1. The smallest absolute Gasteiger partial charge is 0.260 e. The molecule has 3 rings (SSSR count). The summed E-state index contributed by atoms with van der Waals surface area (Å²) in [6.07, 6.45) is 0.809. The second-order valence-electron chi connectivity index (χ2n) is 6.32. The van der Waals surface area contributed by atoms with E-state index in [0.717, 1.165) is 18.4 Å². The number of ether oxygens (including phenoxy) is 1. The summed E-state index contributed by atoms with van der Waals surface area (Å²) in [4.78, 5) is 14.0. The van der Waals surface area contributed by atoms with Gasteiger partial charge in [-0.1, -0.05) is 30.3 Å². The van der Waals surface area contributed by atoms with Gasteiger partial charge in [0.2, 0.25) is 0 Å². The largest absolute Gasteiger partial charge is 0.484 e. The number of carbonyl (C=O) groups is 1. The topological polar surface area (TPSA) is 49.8 Å². The first-order chi connectivity index (χ1) is 12.1. The number of hydrogen-bond acceptors (Lipinski definition) is 3. The van der Waals surface area contributed by atoms with E-state index in [1.54, 1.807) is 17.0 Å². The molecule has 1 unspecified atom stereocenters. The standard InChI is InChI=1S/C20H22FNO3/c21-17-8-6-15(7-9-17)20(24)16-10-12-22(13-11-16)19(23)14-25-18-4-2-1-3-5-18/h1-9,16,20,24H,10-14H2. The lowest BCUT2D eigenvalue weighted by Crippen LogP contribution is -2.42. The molecule has 5 heteroatoms. The fourth-order valence-corrected chi connectivity index (χ4v) is 3.15. The molecule has 1 aliphatic rings. The van der Waals surface area contributed by atoms with E-state index >= 15 is 0 Å². The summed E-state index contributed by atoms with van der Waals surface area (Å²) in [5.74, 6) is 0.398.